The van der Waals surface area contributed by atoms with Gasteiger partial charge in [0.2, 0.25) is 0 Å². The quantitative estimate of drug-likeness (QED) is 0.555. The number of hydrogen-bond acceptors (Lipinski definition) is 2. The predicted molar refractivity (Wildman–Crippen MR) is 48.4 cm³/mol. The minimum absolute atomic E-state index is 0.310. The highest BCUT2D eigenvalue weighted by molar-refractivity contribution is 14.1. The monoisotopic (exact) mass is 256 g/mol. The van der Waals surface area contributed by atoms with Gasteiger partial charge in [0.25, 0.3) is 0 Å². The Morgan fingerprint density at radius 1 is 1.50 bits per heavy atom. The smallest absolute Gasteiger partial charge is 0.177 e. The SMILES string of the molecule is CCC(I)C1(C)OCCO1. The van der Waals surface area contributed by atoms with Crippen LogP contribution in [0.5, 0.6) is 0 Å². The Morgan fingerprint density at radius 2 is 2.00 bits per heavy atom. The first kappa shape index (κ1) is 8.74. The molecule has 3 heteroatoms. The maximum Gasteiger partial charge on any atom is 0.177 e. The third-order valence-electron chi connectivity index (χ3n) is 1.79. The van der Waals surface area contributed by atoms with E-state index in [9.17, 15) is 0 Å². The molecule has 0 saturated carbocycles. The Balaban J connectivity index is 2.49. The average Bonchev–Trinajstić information content (AvgIpc) is 2.36. The minimum Gasteiger partial charge on any atom is -0.347 e. The molecular formula is C7H13IO2. The van der Waals surface area contributed by atoms with E-state index in [0.29, 0.717) is 3.92 Å². The fraction of sp³-hybridized carbons (Fsp3) is 1.00. The summed E-state index contributed by atoms with van der Waals surface area (Å²) in [4.78, 5) is 0. The van der Waals surface area contributed by atoms with Crippen molar-refractivity contribution >= 4 is 22.6 Å². The Hall–Kier alpha value is 0.650. The van der Waals surface area contributed by atoms with Crippen LogP contribution in [-0.4, -0.2) is 22.9 Å². The summed E-state index contributed by atoms with van der Waals surface area (Å²) in [5, 5.41) is 0. The van der Waals surface area contributed by atoms with Crippen LogP contribution in [0.25, 0.3) is 0 Å². The summed E-state index contributed by atoms with van der Waals surface area (Å²) >= 11 is 2.37. The predicted octanol–water partition coefficient (Wildman–Crippen LogP) is 1.96. The molecule has 1 rings (SSSR count). The first-order chi connectivity index (χ1) is 4.69. The van der Waals surface area contributed by atoms with Gasteiger partial charge in [-0.15, -0.1) is 0 Å². The molecule has 1 atom stereocenters. The number of hydrogen-bond donors (Lipinski definition) is 0. The van der Waals surface area contributed by atoms with Crippen LogP contribution < -0.4 is 0 Å². The van der Waals surface area contributed by atoms with E-state index in [1.54, 1.807) is 0 Å². The Kier molecular flexibility index (Phi) is 2.94. The van der Waals surface area contributed by atoms with Crippen LogP contribution in [-0.2, 0) is 9.47 Å². The highest BCUT2D eigenvalue weighted by atomic mass is 127. The molecule has 2 nitrogen and oxygen atoms in total. The summed E-state index contributed by atoms with van der Waals surface area (Å²) in [7, 11) is 0. The van der Waals surface area contributed by atoms with Crippen molar-refractivity contribution in [3.63, 3.8) is 0 Å². The van der Waals surface area contributed by atoms with Crippen LogP contribution in [0.2, 0.25) is 0 Å². The maximum absolute atomic E-state index is 5.46. The highest BCUT2D eigenvalue weighted by Crippen LogP contribution is 2.29. The van der Waals surface area contributed by atoms with Crippen molar-refractivity contribution < 1.29 is 9.47 Å². The molecule has 0 spiro atoms. The van der Waals surface area contributed by atoms with Gasteiger partial charge in [-0.2, -0.15) is 0 Å². The first-order valence-corrected chi connectivity index (χ1v) is 4.85. The van der Waals surface area contributed by atoms with Crippen molar-refractivity contribution in [1.29, 1.82) is 0 Å². The molecule has 1 fully saturated rings. The number of halogens is 1. The third kappa shape index (κ3) is 1.62. The zero-order chi connectivity index (χ0) is 7.61. The van der Waals surface area contributed by atoms with E-state index in [0.717, 1.165) is 19.6 Å². The molecule has 0 aromatic rings. The molecular weight excluding hydrogens is 243 g/mol. The number of ether oxygens (including phenoxy) is 2. The standard InChI is InChI=1S/C7H13IO2/c1-3-6(8)7(2)9-4-5-10-7/h6H,3-5H2,1-2H3. The lowest BCUT2D eigenvalue weighted by Crippen LogP contribution is -2.35. The van der Waals surface area contributed by atoms with Crippen molar-refractivity contribution in [2.75, 3.05) is 13.2 Å². The second-order valence-electron chi connectivity index (χ2n) is 2.59. The molecule has 1 aliphatic heterocycles. The molecule has 1 saturated heterocycles. The normalized spacial score (nSPS) is 26.7. The molecule has 1 unspecified atom stereocenters. The molecule has 0 radical (unpaired) electrons. The van der Waals surface area contributed by atoms with Gasteiger partial charge in [0.05, 0.1) is 17.1 Å². The zero-order valence-electron chi connectivity index (χ0n) is 6.39. The Bertz CT molecular complexity index is 110. The Labute approximate surface area is 75.4 Å². The maximum atomic E-state index is 5.46. The van der Waals surface area contributed by atoms with Crippen molar-refractivity contribution in [2.45, 2.75) is 30.0 Å². The summed E-state index contributed by atoms with van der Waals surface area (Å²) in [6, 6.07) is 0. The lowest BCUT2D eigenvalue weighted by Gasteiger charge is -2.26. The number of rotatable bonds is 2. The average molecular weight is 256 g/mol. The van der Waals surface area contributed by atoms with Crippen molar-refractivity contribution in [3.8, 4) is 0 Å². The van der Waals surface area contributed by atoms with Crippen molar-refractivity contribution in [1.82, 2.24) is 0 Å². The first-order valence-electron chi connectivity index (χ1n) is 3.61. The van der Waals surface area contributed by atoms with Crippen LogP contribution in [0.15, 0.2) is 0 Å². The van der Waals surface area contributed by atoms with E-state index in [1.165, 1.54) is 0 Å². The largest absolute Gasteiger partial charge is 0.347 e. The van der Waals surface area contributed by atoms with Crippen molar-refractivity contribution in [2.24, 2.45) is 0 Å². The summed E-state index contributed by atoms with van der Waals surface area (Å²) in [5.41, 5.74) is 0. The summed E-state index contributed by atoms with van der Waals surface area (Å²) in [6.07, 6.45) is 1.09. The van der Waals surface area contributed by atoms with E-state index in [1.807, 2.05) is 6.92 Å². The van der Waals surface area contributed by atoms with E-state index < -0.39 is 0 Å². The van der Waals surface area contributed by atoms with E-state index in [-0.39, 0.29) is 5.79 Å². The lowest BCUT2D eigenvalue weighted by molar-refractivity contribution is -0.138. The van der Waals surface area contributed by atoms with Gasteiger partial charge in [-0.25, -0.2) is 0 Å². The van der Waals surface area contributed by atoms with Crippen LogP contribution >= 0.6 is 22.6 Å². The van der Waals surface area contributed by atoms with Gasteiger partial charge in [-0.1, -0.05) is 29.5 Å². The molecule has 0 aliphatic carbocycles. The minimum atomic E-state index is -0.310. The van der Waals surface area contributed by atoms with Gasteiger partial charge in [-0.3, -0.25) is 0 Å². The lowest BCUT2D eigenvalue weighted by atomic mass is 10.2. The molecule has 1 heterocycles. The van der Waals surface area contributed by atoms with E-state index in [2.05, 4.69) is 29.5 Å². The second-order valence-corrected chi connectivity index (χ2v) is 4.09. The van der Waals surface area contributed by atoms with Gasteiger partial charge < -0.3 is 9.47 Å². The van der Waals surface area contributed by atoms with Gasteiger partial charge >= 0.3 is 0 Å². The Morgan fingerprint density at radius 3 is 2.40 bits per heavy atom. The van der Waals surface area contributed by atoms with Crippen LogP contribution in [0.1, 0.15) is 20.3 Å². The summed E-state index contributed by atoms with van der Waals surface area (Å²) in [5.74, 6) is -0.310. The van der Waals surface area contributed by atoms with Crippen LogP contribution in [0, 0.1) is 0 Å². The van der Waals surface area contributed by atoms with Gasteiger partial charge in [0, 0.05) is 0 Å². The molecule has 0 aromatic carbocycles. The third-order valence-corrected chi connectivity index (χ3v) is 3.80. The van der Waals surface area contributed by atoms with Gasteiger partial charge in [-0.05, 0) is 13.3 Å². The van der Waals surface area contributed by atoms with Crippen molar-refractivity contribution in [3.05, 3.63) is 0 Å². The van der Waals surface area contributed by atoms with Gasteiger partial charge in [0.1, 0.15) is 0 Å². The zero-order valence-corrected chi connectivity index (χ0v) is 8.55. The highest BCUT2D eigenvalue weighted by Gasteiger charge is 2.36. The number of alkyl halides is 1. The fourth-order valence-electron chi connectivity index (χ4n) is 1.08. The summed E-state index contributed by atoms with van der Waals surface area (Å²) < 4.78 is 11.4. The van der Waals surface area contributed by atoms with E-state index >= 15 is 0 Å². The second kappa shape index (κ2) is 3.36. The van der Waals surface area contributed by atoms with Gasteiger partial charge in [0.15, 0.2) is 5.79 Å². The molecule has 10 heavy (non-hydrogen) atoms. The van der Waals surface area contributed by atoms with Crippen LogP contribution in [0.4, 0.5) is 0 Å². The topological polar surface area (TPSA) is 18.5 Å². The van der Waals surface area contributed by atoms with E-state index in [4.69, 9.17) is 9.47 Å². The molecule has 0 aromatic heterocycles. The molecule has 0 N–H and O–H groups in total. The summed E-state index contributed by atoms with van der Waals surface area (Å²) in [6.45, 7) is 5.65. The van der Waals surface area contributed by atoms with Crippen LogP contribution in [0.3, 0.4) is 0 Å². The molecule has 60 valence electrons. The molecule has 0 bridgehead atoms. The fourth-order valence-corrected chi connectivity index (χ4v) is 1.44. The molecule has 1 aliphatic rings. The molecule has 0 amide bonds.